The fourth-order valence-electron chi connectivity index (χ4n) is 0.460. The maximum Gasteiger partial charge on any atom is 0.0348 e. The van der Waals surface area contributed by atoms with Crippen molar-refractivity contribution in [1.82, 2.24) is 10.4 Å². The third-order valence-electron chi connectivity index (χ3n) is 0.788. The molecule has 1 aliphatic heterocycles. The first-order valence-corrected chi connectivity index (χ1v) is 3.02. The average Bonchev–Trinajstić information content (AvgIpc) is 2.24. The van der Waals surface area contributed by atoms with Gasteiger partial charge < -0.3 is 5.01 Å². The van der Waals surface area contributed by atoms with Gasteiger partial charge in [0, 0.05) is 19.8 Å². The summed E-state index contributed by atoms with van der Waals surface area (Å²) in [5, 5.41) is 1.93. The molecule has 2 nitrogen and oxygen atoms in total. The van der Waals surface area contributed by atoms with Crippen LogP contribution in [-0.2, 0) is 0 Å². The molecule has 0 aliphatic carbocycles. The van der Waals surface area contributed by atoms with E-state index in [0.717, 1.165) is 6.54 Å². The van der Waals surface area contributed by atoms with Crippen LogP contribution >= 0.6 is 0 Å². The molecule has 48 valence electrons. The average molecular weight is 114 g/mol. The van der Waals surface area contributed by atoms with E-state index >= 15 is 0 Å². The van der Waals surface area contributed by atoms with Crippen molar-refractivity contribution < 1.29 is 0 Å². The van der Waals surface area contributed by atoms with Crippen LogP contribution in [0.5, 0.6) is 0 Å². The minimum Gasteiger partial charge on any atom is -0.319 e. The number of nitrogens with one attached hydrogen (secondary N) is 1. The highest BCUT2D eigenvalue weighted by Crippen LogP contribution is 1.83. The number of hydrogen-bond acceptors (Lipinski definition) is 2. The van der Waals surface area contributed by atoms with Gasteiger partial charge in [-0.1, -0.05) is 19.9 Å². The lowest BCUT2D eigenvalue weighted by Crippen LogP contribution is -2.23. The Bertz CT molecular complexity index is 68.9. The van der Waals surface area contributed by atoms with Crippen LogP contribution in [-0.4, -0.2) is 18.6 Å². The van der Waals surface area contributed by atoms with Crippen LogP contribution in [0, 0.1) is 0 Å². The maximum absolute atomic E-state index is 3.04. The highest BCUT2D eigenvalue weighted by atomic mass is 15.5. The van der Waals surface area contributed by atoms with E-state index in [1.165, 1.54) is 0 Å². The minimum absolute atomic E-state index is 0.983. The van der Waals surface area contributed by atoms with E-state index in [2.05, 4.69) is 11.5 Å². The van der Waals surface area contributed by atoms with Gasteiger partial charge in [-0.25, -0.2) is 5.43 Å². The molecule has 0 radical (unpaired) electrons. The predicted octanol–water partition coefficient (Wildman–Crippen LogP) is 0.976. The largest absolute Gasteiger partial charge is 0.319 e. The standard InChI is InChI=1S/C4H8N2.C2H6/c1-6-4-2-3-5-6;1-2/h2,4-5H,3H2,1H3;1-2H3. The lowest BCUT2D eigenvalue weighted by atomic mass is 10.7. The summed E-state index contributed by atoms with van der Waals surface area (Å²) in [5.41, 5.74) is 3.04. The summed E-state index contributed by atoms with van der Waals surface area (Å²) in [6.45, 7) is 4.98. The quantitative estimate of drug-likeness (QED) is 0.505. The monoisotopic (exact) mass is 114 g/mol. The van der Waals surface area contributed by atoms with Crippen molar-refractivity contribution >= 4 is 0 Å². The summed E-state index contributed by atoms with van der Waals surface area (Å²) in [4.78, 5) is 0. The normalized spacial score (nSPS) is 15.6. The lowest BCUT2D eigenvalue weighted by molar-refractivity contribution is 0.374. The molecule has 0 aromatic heterocycles. The number of hydrogen-bond donors (Lipinski definition) is 1. The molecular formula is C6H14N2. The van der Waals surface area contributed by atoms with Gasteiger partial charge in [-0.2, -0.15) is 0 Å². The SMILES string of the molecule is CC.CN1C=CCN1. The van der Waals surface area contributed by atoms with Gasteiger partial charge in [-0.05, 0) is 0 Å². The fraction of sp³-hybridized carbons (Fsp3) is 0.667. The summed E-state index contributed by atoms with van der Waals surface area (Å²) < 4.78 is 0. The third-order valence-corrected chi connectivity index (χ3v) is 0.788. The van der Waals surface area contributed by atoms with Crippen LogP contribution in [0.4, 0.5) is 0 Å². The second-order valence-corrected chi connectivity index (χ2v) is 1.36. The number of nitrogens with zero attached hydrogens (tertiary/aromatic N) is 1. The van der Waals surface area contributed by atoms with Gasteiger partial charge in [0.2, 0.25) is 0 Å². The molecule has 1 rings (SSSR count). The highest BCUT2D eigenvalue weighted by molar-refractivity contribution is 4.86. The molecule has 1 aliphatic rings. The molecule has 0 fully saturated rings. The van der Waals surface area contributed by atoms with E-state index in [1.54, 1.807) is 0 Å². The molecular weight excluding hydrogens is 100 g/mol. The Morgan fingerprint density at radius 1 is 1.50 bits per heavy atom. The molecule has 0 bridgehead atoms. The smallest absolute Gasteiger partial charge is 0.0348 e. The molecule has 0 amide bonds. The minimum atomic E-state index is 0.983. The van der Waals surface area contributed by atoms with E-state index in [9.17, 15) is 0 Å². The summed E-state index contributed by atoms with van der Waals surface area (Å²) >= 11 is 0. The summed E-state index contributed by atoms with van der Waals surface area (Å²) in [5.74, 6) is 0. The van der Waals surface area contributed by atoms with Crippen molar-refractivity contribution in [3.63, 3.8) is 0 Å². The van der Waals surface area contributed by atoms with E-state index in [4.69, 9.17) is 0 Å². The molecule has 0 aromatic rings. The first-order valence-electron chi connectivity index (χ1n) is 3.02. The molecule has 2 heteroatoms. The fourth-order valence-corrected chi connectivity index (χ4v) is 0.460. The van der Waals surface area contributed by atoms with Gasteiger partial charge in [0.25, 0.3) is 0 Å². The zero-order valence-corrected chi connectivity index (χ0v) is 5.81. The van der Waals surface area contributed by atoms with Gasteiger partial charge in [0.15, 0.2) is 0 Å². The van der Waals surface area contributed by atoms with Gasteiger partial charge in [0.05, 0.1) is 0 Å². The van der Waals surface area contributed by atoms with Crippen LogP contribution in [0.25, 0.3) is 0 Å². The molecule has 0 atom stereocenters. The van der Waals surface area contributed by atoms with Gasteiger partial charge in [0.1, 0.15) is 0 Å². The highest BCUT2D eigenvalue weighted by Gasteiger charge is 1.90. The zero-order valence-electron chi connectivity index (χ0n) is 5.81. The second kappa shape index (κ2) is 4.65. The van der Waals surface area contributed by atoms with Crippen molar-refractivity contribution in [1.29, 1.82) is 0 Å². The molecule has 0 saturated carbocycles. The van der Waals surface area contributed by atoms with Crippen LogP contribution in [0.3, 0.4) is 0 Å². The van der Waals surface area contributed by atoms with Crippen LogP contribution in [0.1, 0.15) is 13.8 Å². The zero-order chi connectivity index (χ0) is 6.41. The molecule has 1 heterocycles. The van der Waals surface area contributed by atoms with Gasteiger partial charge >= 0.3 is 0 Å². The first-order chi connectivity index (χ1) is 3.89. The first kappa shape index (κ1) is 7.50. The second-order valence-electron chi connectivity index (χ2n) is 1.36. The van der Waals surface area contributed by atoms with Crippen molar-refractivity contribution in [2.75, 3.05) is 13.6 Å². The van der Waals surface area contributed by atoms with Crippen molar-refractivity contribution in [3.05, 3.63) is 12.3 Å². The van der Waals surface area contributed by atoms with Crippen molar-refractivity contribution in [2.24, 2.45) is 0 Å². The van der Waals surface area contributed by atoms with Gasteiger partial charge in [-0.3, -0.25) is 0 Å². The van der Waals surface area contributed by atoms with E-state index in [1.807, 2.05) is 32.1 Å². The molecule has 0 aromatic carbocycles. The van der Waals surface area contributed by atoms with Crippen LogP contribution in [0.15, 0.2) is 12.3 Å². The summed E-state index contributed by atoms with van der Waals surface area (Å²) in [6, 6.07) is 0. The van der Waals surface area contributed by atoms with Crippen molar-refractivity contribution in [3.8, 4) is 0 Å². The van der Waals surface area contributed by atoms with Crippen LogP contribution < -0.4 is 5.43 Å². The Morgan fingerprint density at radius 2 is 2.12 bits per heavy atom. The van der Waals surface area contributed by atoms with E-state index < -0.39 is 0 Å². The summed E-state index contributed by atoms with van der Waals surface area (Å²) in [6.07, 6.45) is 4.07. The Kier molecular flexibility index (Phi) is 4.36. The van der Waals surface area contributed by atoms with Crippen LogP contribution in [0.2, 0.25) is 0 Å². The number of rotatable bonds is 0. The Hall–Kier alpha value is -0.500. The summed E-state index contributed by atoms with van der Waals surface area (Å²) in [7, 11) is 1.98. The number of hydrazine groups is 1. The molecule has 8 heavy (non-hydrogen) atoms. The predicted molar refractivity (Wildman–Crippen MR) is 36.3 cm³/mol. The third kappa shape index (κ3) is 2.64. The van der Waals surface area contributed by atoms with Gasteiger partial charge in [-0.15, -0.1) is 0 Å². The Balaban J connectivity index is 0.000000222. The lowest BCUT2D eigenvalue weighted by Gasteiger charge is -2.04. The molecule has 1 N–H and O–H groups in total. The van der Waals surface area contributed by atoms with Crippen molar-refractivity contribution in [2.45, 2.75) is 13.8 Å². The van der Waals surface area contributed by atoms with E-state index in [0.29, 0.717) is 0 Å². The Labute approximate surface area is 51.2 Å². The Morgan fingerprint density at radius 3 is 2.25 bits per heavy atom. The molecule has 0 unspecified atom stereocenters. The molecule has 0 spiro atoms. The van der Waals surface area contributed by atoms with E-state index in [-0.39, 0.29) is 0 Å². The molecule has 0 saturated heterocycles. The maximum atomic E-state index is 3.04. The topological polar surface area (TPSA) is 15.3 Å².